The van der Waals surface area contributed by atoms with Crippen LogP contribution < -0.4 is 5.32 Å². The maximum Gasteiger partial charge on any atom is 0.356 e. The fraction of sp³-hybridized carbons (Fsp3) is 0.167. The number of ether oxygens (including phenoxy) is 1. The second kappa shape index (κ2) is 12.0. The van der Waals surface area contributed by atoms with E-state index in [0.717, 1.165) is 16.7 Å². The summed E-state index contributed by atoms with van der Waals surface area (Å²) in [4.78, 5) is 42.3. The van der Waals surface area contributed by atoms with E-state index in [4.69, 9.17) is 4.74 Å². The summed E-state index contributed by atoms with van der Waals surface area (Å²) in [6, 6.07) is 27.6. The van der Waals surface area contributed by atoms with Gasteiger partial charge in [0.1, 0.15) is 22.1 Å². The molecule has 0 radical (unpaired) electrons. The predicted molar refractivity (Wildman–Crippen MR) is 155 cm³/mol. The van der Waals surface area contributed by atoms with E-state index in [1.54, 1.807) is 6.20 Å². The van der Waals surface area contributed by atoms with Gasteiger partial charge in [-0.2, -0.15) is 0 Å². The van der Waals surface area contributed by atoms with Gasteiger partial charge in [-0.15, -0.1) is 16.9 Å². The minimum atomic E-state index is -0.738. The molecule has 3 heterocycles. The van der Waals surface area contributed by atoms with Crippen LogP contribution in [0, 0.1) is 0 Å². The molecule has 0 spiro atoms. The van der Waals surface area contributed by atoms with Gasteiger partial charge >= 0.3 is 5.97 Å². The number of thioether (sulfide) groups is 2. The predicted octanol–water partition coefficient (Wildman–Crippen LogP) is 4.08. The Balaban J connectivity index is 1.27. The Bertz CT molecular complexity index is 1530. The molecule has 2 aliphatic heterocycles. The van der Waals surface area contributed by atoms with Crippen LogP contribution in [0.2, 0.25) is 0 Å². The van der Waals surface area contributed by atoms with Crippen LogP contribution in [0.4, 0.5) is 0 Å². The van der Waals surface area contributed by atoms with Crippen molar-refractivity contribution in [3.63, 3.8) is 0 Å². The molecule has 2 amide bonds. The number of fused-ring (bicyclic) bond motifs is 1. The summed E-state index contributed by atoms with van der Waals surface area (Å²) >= 11 is 2.77. The zero-order chi connectivity index (χ0) is 28.2. The summed E-state index contributed by atoms with van der Waals surface area (Å²) in [5, 5.41) is 13.5. The van der Waals surface area contributed by atoms with Crippen molar-refractivity contribution in [2.75, 3.05) is 5.75 Å². The van der Waals surface area contributed by atoms with Crippen molar-refractivity contribution < 1.29 is 19.1 Å². The Hall–Kier alpha value is -4.35. The van der Waals surface area contributed by atoms with Crippen LogP contribution in [0.25, 0.3) is 0 Å². The number of nitrogens with zero attached hydrogens (tertiary/aromatic N) is 3. The Morgan fingerprint density at radius 2 is 1.63 bits per heavy atom. The van der Waals surface area contributed by atoms with Crippen molar-refractivity contribution in [1.29, 1.82) is 0 Å². The first-order valence-electron chi connectivity index (χ1n) is 12.9. The molecule has 0 bridgehead atoms. The number of aromatic nitrogens is 3. The highest BCUT2D eigenvalue weighted by Gasteiger charge is 2.54. The van der Waals surface area contributed by atoms with Crippen LogP contribution in [0.3, 0.4) is 0 Å². The highest BCUT2D eigenvalue weighted by molar-refractivity contribution is 8.06. The zero-order valence-corrected chi connectivity index (χ0v) is 23.3. The molecule has 41 heavy (non-hydrogen) atoms. The van der Waals surface area contributed by atoms with Gasteiger partial charge in [0.15, 0.2) is 6.10 Å². The van der Waals surface area contributed by atoms with Crippen molar-refractivity contribution in [3.8, 4) is 0 Å². The SMILES string of the molecule is O=C(Cc1ccccc1)N[C@@H]1C(=O)N2C(C(=O)OC(c3ccccc3)c3ccccc3)=C(Sc3cnn[nH]3)CS[C@@H]12. The Morgan fingerprint density at radius 3 is 2.24 bits per heavy atom. The van der Waals surface area contributed by atoms with E-state index in [1.807, 2.05) is 91.0 Å². The van der Waals surface area contributed by atoms with Crippen LogP contribution in [0.1, 0.15) is 22.8 Å². The molecule has 0 aliphatic carbocycles. The molecular weight excluding hydrogens is 558 g/mol. The van der Waals surface area contributed by atoms with Crippen molar-refractivity contribution in [2.24, 2.45) is 0 Å². The smallest absolute Gasteiger partial charge is 0.356 e. The van der Waals surface area contributed by atoms with Gasteiger partial charge in [-0.3, -0.25) is 19.6 Å². The third-order valence-corrected chi connectivity index (χ3v) is 9.17. The van der Waals surface area contributed by atoms with Crippen LogP contribution in [-0.4, -0.2) is 55.3 Å². The quantitative estimate of drug-likeness (QED) is 0.224. The van der Waals surface area contributed by atoms with Crippen LogP contribution in [0.5, 0.6) is 0 Å². The molecule has 0 unspecified atom stereocenters. The summed E-state index contributed by atoms with van der Waals surface area (Å²) in [5.41, 5.74) is 2.64. The van der Waals surface area contributed by atoms with Gasteiger partial charge in [0, 0.05) is 10.7 Å². The maximum absolute atomic E-state index is 14.0. The van der Waals surface area contributed by atoms with Gasteiger partial charge in [0.05, 0.1) is 12.6 Å². The van der Waals surface area contributed by atoms with E-state index in [0.29, 0.717) is 15.7 Å². The number of esters is 1. The Morgan fingerprint density at radius 1 is 1.00 bits per heavy atom. The normalized spacial score (nSPS) is 18.1. The number of amides is 2. The summed E-state index contributed by atoms with van der Waals surface area (Å²) < 4.78 is 6.17. The number of hydrogen-bond donors (Lipinski definition) is 2. The summed E-state index contributed by atoms with van der Waals surface area (Å²) in [5.74, 6) is -0.785. The van der Waals surface area contributed by atoms with Crippen molar-refractivity contribution in [2.45, 2.75) is 29.0 Å². The number of carbonyl (C=O) groups is 3. The molecule has 3 aromatic carbocycles. The number of benzene rings is 3. The van der Waals surface area contributed by atoms with Crippen molar-refractivity contribution >= 4 is 41.3 Å². The molecule has 206 valence electrons. The first-order valence-corrected chi connectivity index (χ1v) is 14.8. The fourth-order valence-electron chi connectivity index (χ4n) is 4.78. The number of carbonyl (C=O) groups excluding carboxylic acids is 3. The average molecular weight is 584 g/mol. The van der Waals surface area contributed by atoms with Crippen LogP contribution >= 0.6 is 23.5 Å². The summed E-state index contributed by atoms with van der Waals surface area (Å²) in [6.07, 6.45) is 1.04. The molecule has 1 fully saturated rings. The molecule has 1 saturated heterocycles. The van der Waals surface area contributed by atoms with Gasteiger partial charge in [0.25, 0.3) is 5.91 Å². The highest BCUT2D eigenvalue weighted by Crippen LogP contribution is 2.45. The lowest BCUT2D eigenvalue weighted by molar-refractivity contribution is -0.154. The molecular formula is C30H25N5O4S2. The Labute approximate surface area is 244 Å². The monoisotopic (exact) mass is 583 g/mol. The third-order valence-electron chi connectivity index (χ3n) is 6.71. The number of rotatable bonds is 9. The minimum Gasteiger partial charge on any atom is -0.448 e. The van der Waals surface area contributed by atoms with Gasteiger partial charge in [-0.25, -0.2) is 4.79 Å². The topological polar surface area (TPSA) is 117 Å². The van der Waals surface area contributed by atoms with Gasteiger partial charge in [-0.05, 0) is 16.7 Å². The molecule has 1 aromatic heterocycles. The molecule has 0 saturated carbocycles. The molecule has 2 atom stereocenters. The number of nitrogens with one attached hydrogen (secondary N) is 2. The number of aromatic amines is 1. The number of H-pyrrole nitrogens is 1. The molecule has 2 N–H and O–H groups in total. The maximum atomic E-state index is 14.0. The fourth-order valence-corrected chi connectivity index (χ4v) is 7.15. The summed E-state index contributed by atoms with van der Waals surface area (Å²) in [7, 11) is 0. The average Bonchev–Trinajstić information content (AvgIpc) is 3.53. The van der Waals surface area contributed by atoms with E-state index in [1.165, 1.54) is 28.4 Å². The number of hydrogen-bond acceptors (Lipinski definition) is 8. The second-order valence-electron chi connectivity index (χ2n) is 9.42. The lowest BCUT2D eigenvalue weighted by Crippen LogP contribution is -2.70. The van der Waals surface area contributed by atoms with Gasteiger partial charge < -0.3 is 10.1 Å². The first kappa shape index (κ1) is 26.9. The largest absolute Gasteiger partial charge is 0.448 e. The lowest BCUT2D eigenvalue weighted by Gasteiger charge is -2.49. The van der Waals surface area contributed by atoms with E-state index in [2.05, 4.69) is 20.7 Å². The molecule has 2 aliphatic rings. The van der Waals surface area contributed by atoms with Gasteiger partial charge in [0.2, 0.25) is 5.91 Å². The standard InChI is InChI=1S/C30H25N5O4S2/c36-23(16-19-10-4-1-5-11-19)32-25-28(37)35-26(22(18-40-29(25)35)41-24-17-31-34-33-24)30(38)39-27(20-12-6-2-7-13-20)21-14-8-3-9-15-21/h1-15,17,25,27,29H,16,18H2,(H,32,36)(H,31,33,34)/t25-,29+/m1/s1. The van der Waals surface area contributed by atoms with Gasteiger partial charge in [-0.1, -0.05) is 108 Å². The number of β-lactam (4-membered cyclic amide) rings is 1. The third kappa shape index (κ3) is 5.77. The summed E-state index contributed by atoms with van der Waals surface area (Å²) in [6.45, 7) is 0. The van der Waals surface area contributed by atoms with E-state index in [9.17, 15) is 14.4 Å². The molecule has 11 heteroatoms. The zero-order valence-electron chi connectivity index (χ0n) is 21.7. The first-order chi connectivity index (χ1) is 20.1. The van der Waals surface area contributed by atoms with Crippen LogP contribution in [0.15, 0.2) is 113 Å². The van der Waals surface area contributed by atoms with E-state index >= 15 is 0 Å². The van der Waals surface area contributed by atoms with Crippen molar-refractivity contribution in [1.82, 2.24) is 25.6 Å². The molecule has 6 rings (SSSR count). The lowest BCUT2D eigenvalue weighted by atomic mass is 10.0. The second-order valence-corrected chi connectivity index (χ2v) is 11.7. The minimum absolute atomic E-state index is 0.163. The highest BCUT2D eigenvalue weighted by atomic mass is 32.2. The molecule has 9 nitrogen and oxygen atoms in total. The van der Waals surface area contributed by atoms with Crippen molar-refractivity contribution in [3.05, 3.63) is 124 Å². The van der Waals surface area contributed by atoms with Crippen LogP contribution in [-0.2, 0) is 25.5 Å². The molecule has 4 aromatic rings. The Kier molecular flexibility index (Phi) is 7.88. The van der Waals surface area contributed by atoms with E-state index in [-0.39, 0.29) is 23.9 Å². The van der Waals surface area contributed by atoms with E-state index < -0.39 is 23.5 Å².